The third kappa shape index (κ3) is 4.61. The number of amides is 1. The van der Waals surface area contributed by atoms with Crippen LogP contribution < -0.4 is 5.73 Å². The quantitative estimate of drug-likeness (QED) is 0.508. The van der Waals surface area contributed by atoms with Crippen molar-refractivity contribution in [3.63, 3.8) is 0 Å². The molecule has 1 amide bonds. The van der Waals surface area contributed by atoms with Crippen molar-refractivity contribution in [2.45, 2.75) is 12.4 Å². The van der Waals surface area contributed by atoms with Crippen LogP contribution in [-0.4, -0.2) is 30.9 Å². The van der Waals surface area contributed by atoms with Crippen LogP contribution in [0.15, 0.2) is 43.0 Å². The van der Waals surface area contributed by atoms with Crippen LogP contribution in [0, 0.1) is 0 Å². The highest BCUT2D eigenvalue weighted by Gasteiger charge is 2.37. The topological polar surface area (TPSA) is 99.6 Å². The fraction of sp³-hybridized carbons (Fsp3) is 0.118. The van der Waals surface area contributed by atoms with E-state index in [2.05, 4.69) is 20.3 Å². The first kappa shape index (κ1) is 21.0. The van der Waals surface area contributed by atoms with Gasteiger partial charge in [0.05, 0.1) is 29.1 Å². The first-order valence-corrected chi connectivity index (χ1v) is 7.95. The largest absolute Gasteiger partial charge is 0.416 e. The maximum atomic E-state index is 13.0. The summed E-state index contributed by atoms with van der Waals surface area (Å²) in [6.07, 6.45) is -5.39. The molecule has 156 valence electrons. The number of nitrogens with zero attached hydrogens (tertiary/aromatic N) is 5. The molecule has 0 unspecified atom stereocenters. The first-order chi connectivity index (χ1) is 13.9. The van der Waals surface area contributed by atoms with Gasteiger partial charge in [0.1, 0.15) is 6.33 Å². The van der Waals surface area contributed by atoms with Gasteiger partial charge in [0.2, 0.25) is 0 Å². The van der Waals surface area contributed by atoms with Crippen molar-refractivity contribution in [2.24, 2.45) is 5.73 Å². The molecule has 0 spiro atoms. The molecular formula is C17H10F6N6O. The smallest absolute Gasteiger partial charge is 0.366 e. The SMILES string of the molecule is NC(=O)/C(=C\n1cnc(-c2cc(C(F)(F)F)cc(C(F)(F)F)c2)n1)c1ccnnc1. The van der Waals surface area contributed by atoms with Crippen molar-refractivity contribution in [3.8, 4) is 11.4 Å². The van der Waals surface area contributed by atoms with Crippen LogP contribution in [0.4, 0.5) is 26.3 Å². The molecule has 30 heavy (non-hydrogen) atoms. The van der Waals surface area contributed by atoms with E-state index in [1.807, 2.05) is 0 Å². The molecule has 0 aliphatic rings. The molecular weight excluding hydrogens is 418 g/mol. The Morgan fingerprint density at radius 3 is 2.13 bits per heavy atom. The van der Waals surface area contributed by atoms with E-state index < -0.39 is 40.8 Å². The van der Waals surface area contributed by atoms with Crippen LogP contribution in [0.5, 0.6) is 0 Å². The Hall–Kier alpha value is -3.77. The minimum absolute atomic E-state index is 0.00201. The van der Waals surface area contributed by atoms with Gasteiger partial charge in [-0.3, -0.25) is 4.79 Å². The highest BCUT2D eigenvalue weighted by atomic mass is 19.4. The Bertz CT molecular complexity index is 1070. The van der Waals surface area contributed by atoms with Crippen LogP contribution in [0.3, 0.4) is 0 Å². The van der Waals surface area contributed by atoms with Crippen molar-refractivity contribution in [1.82, 2.24) is 25.0 Å². The predicted octanol–water partition coefficient (Wildman–Crippen LogP) is 3.26. The minimum atomic E-state index is -5.01. The van der Waals surface area contributed by atoms with Crippen molar-refractivity contribution in [3.05, 3.63) is 59.7 Å². The van der Waals surface area contributed by atoms with Gasteiger partial charge in [-0.1, -0.05) is 0 Å². The van der Waals surface area contributed by atoms with Crippen LogP contribution in [-0.2, 0) is 17.1 Å². The molecule has 7 nitrogen and oxygen atoms in total. The number of primary amides is 1. The van der Waals surface area contributed by atoms with Gasteiger partial charge < -0.3 is 5.73 Å². The van der Waals surface area contributed by atoms with Crippen LogP contribution in [0.1, 0.15) is 16.7 Å². The van der Waals surface area contributed by atoms with E-state index in [4.69, 9.17) is 5.73 Å². The second kappa shape index (κ2) is 7.57. The van der Waals surface area contributed by atoms with Crippen molar-refractivity contribution >= 4 is 17.7 Å². The summed E-state index contributed by atoms with van der Waals surface area (Å²) in [6.45, 7) is 0. The minimum Gasteiger partial charge on any atom is -0.366 e. The maximum absolute atomic E-state index is 13.0. The van der Waals surface area contributed by atoms with E-state index >= 15 is 0 Å². The lowest BCUT2D eigenvalue weighted by molar-refractivity contribution is -0.143. The van der Waals surface area contributed by atoms with Gasteiger partial charge in [0, 0.05) is 17.3 Å². The zero-order valence-electron chi connectivity index (χ0n) is 14.6. The summed E-state index contributed by atoms with van der Waals surface area (Å²) in [5.41, 5.74) is 1.99. The van der Waals surface area contributed by atoms with Gasteiger partial charge in [-0.15, -0.1) is 5.10 Å². The monoisotopic (exact) mass is 428 g/mol. The summed E-state index contributed by atoms with van der Waals surface area (Å²) in [6, 6.07) is 2.42. The first-order valence-electron chi connectivity index (χ1n) is 7.95. The van der Waals surface area contributed by atoms with Crippen LogP contribution >= 0.6 is 0 Å². The van der Waals surface area contributed by atoms with Crippen LogP contribution in [0.25, 0.3) is 23.2 Å². The molecule has 0 saturated carbocycles. The molecule has 2 heterocycles. The Kier molecular flexibility index (Phi) is 5.29. The molecule has 13 heteroatoms. The van der Waals surface area contributed by atoms with Crippen molar-refractivity contribution in [1.29, 1.82) is 0 Å². The average Bonchev–Trinajstić information content (AvgIpc) is 3.13. The summed E-state index contributed by atoms with van der Waals surface area (Å²) in [4.78, 5) is 15.4. The molecule has 0 bridgehead atoms. The molecule has 1 aromatic carbocycles. The number of hydrogen-bond donors (Lipinski definition) is 1. The lowest BCUT2D eigenvalue weighted by Gasteiger charge is -2.13. The highest BCUT2D eigenvalue weighted by molar-refractivity contribution is 6.22. The maximum Gasteiger partial charge on any atom is 0.416 e. The average molecular weight is 428 g/mol. The Morgan fingerprint density at radius 2 is 1.63 bits per heavy atom. The fourth-order valence-corrected chi connectivity index (χ4v) is 2.42. The molecule has 2 N–H and O–H groups in total. The number of halogens is 6. The van der Waals surface area contributed by atoms with Gasteiger partial charge in [0.15, 0.2) is 5.82 Å². The van der Waals surface area contributed by atoms with E-state index in [0.717, 1.165) is 17.2 Å². The second-order valence-electron chi connectivity index (χ2n) is 5.88. The number of benzene rings is 1. The molecule has 0 saturated heterocycles. The number of alkyl halides is 6. The van der Waals surface area contributed by atoms with Gasteiger partial charge in [-0.25, -0.2) is 9.67 Å². The van der Waals surface area contributed by atoms with E-state index in [9.17, 15) is 31.1 Å². The zero-order valence-corrected chi connectivity index (χ0v) is 14.6. The number of carbonyl (C=O) groups excluding carboxylic acids is 1. The highest BCUT2D eigenvalue weighted by Crippen LogP contribution is 2.38. The number of aromatic nitrogens is 5. The molecule has 0 aliphatic heterocycles. The third-order valence-corrected chi connectivity index (χ3v) is 3.78. The van der Waals surface area contributed by atoms with Gasteiger partial charge >= 0.3 is 12.4 Å². The molecule has 0 radical (unpaired) electrons. The van der Waals surface area contributed by atoms with E-state index in [0.29, 0.717) is 12.1 Å². The number of nitrogens with two attached hydrogens (primary N) is 1. The molecule has 3 rings (SSSR count). The van der Waals surface area contributed by atoms with E-state index in [1.54, 1.807) is 0 Å². The summed E-state index contributed by atoms with van der Waals surface area (Å²) in [7, 11) is 0. The van der Waals surface area contributed by atoms with Crippen LogP contribution in [0.2, 0.25) is 0 Å². The second-order valence-corrected chi connectivity index (χ2v) is 5.88. The van der Waals surface area contributed by atoms with Crippen molar-refractivity contribution < 1.29 is 31.1 Å². The summed E-state index contributed by atoms with van der Waals surface area (Å²) < 4.78 is 79.1. The Morgan fingerprint density at radius 1 is 1.00 bits per heavy atom. The van der Waals surface area contributed by atoms with Gasteiger partial charge in [-0.05, 0) is 24.3 Å². The van der Waals surface area contributed by atoms with Crippen molar-refractivity contribution in [2.75, 3.05) is 0 Å². The zero-order chi connectivity index (χ0) is 22.1. The van der Waals surface area contributed by atoms with Gasteiger partial charge in [0.25, 0.3) is 5.91 Å². The predicted molar refractivity (Wildman–Crippen MR) is 90.9 cm³/mol. The normalized spacial score (nSPS) is 12.8. The van der Waals surface area contributed by atoms with E-state index in [1.165, 1.54) is 18.5 Å². The van der Waals surface area contributed by atoms with E-state index in [-0.39, 0.29) is 17.2 Å². The fourth-order valence-electron chi connectivity index (χ4n) is 2.42. The molecule has 0 fully saturated rings. The standard InChI is InChI=1S/C17H10F6N6O/c18-16(19,20)11-3-10(4-12(5-11)17(21,22)23)15-25-8-29(28-15)7-13(14(24)30)9-1-2-26-27-6-9/h1-8H,(H2,24,30)/b13-7-. The third-order valence-electron chi connectivity index (χ3n) is 3.78. The lowest BCUT2D eigenvalue weighted by Crippen LogP contribution is -2.14. The Balaban J connectivity index is 2.06. The molecule has 0 aliphatic carbocycles. The summed E-state index contributed by atoms with van der Waals surface area (Å²) >= 11 is 0. The summed E-state index contributed by atoms with van der Waals surface area (Å²) in [5, 5.41) is 11.0. The molecule has 2 aromatic heterocycles. The number of hydrogen-bond acceptors (Lipinski definition) is 5. The Labute approximate surface area is 163 Å². The summed E-state index contributed by atoms with van der Waals surface area (Å²) in [5.74, 6) is -1.29. The van der Waals surface area contributed by atoms with Gasteiger partial charge in [-0.2, -0.15) is 36.5 Å². The number of rotatable bonds is 4. The number of carbonyl (C=O) groups is 1. The molecule has 0 atom stereocenters. The lowest BCUT2D eigenvalue weighted by atomic mass is 10.0. The molecule has 3 aromatic rings.